The molecule has 1 aromatic heterocycles. The maximum absolute atomic E-state index is 12.4. The Morgan fingerprint density at radius 3 is 2.41 bits per heavy atom. The lowest BCUT2D eigenvalue weighted by molar-refractivity contribution is 0.236. The van der Waals surface area contributed by atoms with Gasteiger partial charge in [-0.15, -0.1) is 11.3 Å². The molecule has 0 spiro atoms. The van der Waals surface area contributed by atoms with E-state index < -0.39 is 10.0 Å². The van der Waals surface area contributed by atoms with Gasteiger partial charge in [-0.05, 0) is 51.8 Å². The van der Waals surface area contributed by atoms with E-state index in [4.69, 9.17) is 5.11 Å². The Morgan fingerprint density at radius 1 is 1.47 bits per heavy atom. The largest absolute Gasteiger partial charge is 0.395 e. The van der Waals surface area contributed by atoms with Crippen molar-refractivity contribution in [3.8, 4) is 0 Å². The molecule has 17 heavy (non-hydrogen) atoms. The van der Waals surface area contributed by atoms with Crippen LogP contribution in [0.1, 0.15) is 13.8 Å². The highest BCUT2D eigenvalue weighted by Gasteiger charge is 2.29. The molecule has 0 atom stereocenters. The van der Waals surface area contributed by atoms with Crippen LogP contribution < -0.4 is 0 Å². The molecule has 0 amide bonds. The number of aliphatic hydroxyl groups excluding tert-OH is 1. The van der Waals surface area contributed by atoms with Crippen molar-refractivity contribution in [2.75, 3.05) is 13.2 Å². The molecule has 0 aromatic carbocycles. The average Bonchev–Trinajstić information content (AvgIpc) is 2.54. The topological polar surface area (TPSA) is 57.6 Å². The molecule has 0 radical (unpaired) electrons. The summed E-state index contributed by atoms with van der Waals surface area (Å²) in [5.41, 5.74) is 0. The fraction of sp³-hybridized carbons (Fsp3) is 0.556. The van der Waals surface area contributed by atoms with Crippen LogP contribution in [-0.2, 0) is 10.0 Å². The zero-order chi connectivity index (χ0) is 13.2. The third-order valence-electron chi connectivity index (χ3n) is 2.11. The van der Waals surface area contributed by atoms with E-state index in [1.165, 1.54) is 15.6 Å². The van der Waals surface area contributed by atoms with Crippen LogP contribution in [0.5, 0.6) is 0 Å². The maximum atomic E-state index is 12.4. The highest BCUT2D eigenvalue weighted by molar-refractivity contribution is 9.12. The summed E-state index contributed by atoms with van der Waals surface area (Å²) >= 11 is 7.81. The number of nitrogens with zero attached hydrogens (tertiary/aromatic N) is 1. The second-order valence-corrected chi connectivity index (χ2v) is 9.23. The van der Waals surface area contributed by atoms with Crippen LogP contribution in [0.25, 0.3) is 0 Å². The molecule has 0 unspecified atom stereocenters. The zero-order valence-electron chi connectivity index (χ0n) is 9.35. The Hall–Kier alpha value is 0.530. The first-order chi connectivity index (χ1) is 7.80. The summed E-state index contributed by atoms with van der Waals surface area (Å²) in [4.78, 5) is 0.233. The second kappa shape index (κ2) is 6.12. The van der Waals surface area contributed by atoms with Crippen LogP contribution in [0.4, 0.5) is 0 Å². The van der Waals surface area contributed by atoms with Crippen LogP contribution in [0.2, 0.25) is 0 Å². The number of thiophene rings is 1. The van der Waals surface area contributed by atoms with Crippen LogP contribution in [0, 0.1) is 0 Å². The van der Waals surface area contributed by atoms with Gasteiger partial charge in [0, 0.05) is 12.6 Å². The van der Waals surface area contributed by atoms with Crippen LogP contribution >= 0.6 is 43.2 Å². The summed E-state index contributed by atoms with van der Waals surface area (Å²) in [7, 11) is -3.57. The van der Waals surface area contributed by atoms with Crippen LogP contribution in [-0.4, -0.2) is 37.0 Å². The number of aliphatic hydroxyl groups is 1. The second-order valence-electron chi connectivity index (χ2n) is 3.62. The number of rotatable bonds is 5. The van der Waals surface area contributed by atoms with Gasteiger partial charge in [-0.2, -0.15) is 4.31 Å². The zero-order valence-corrected chi connectivity index (χ0v) is 14.2. The van der Waals surface area contributed by atoms with E-state index in [-0.39, 0.29) is 24.1 Å². The SMILES string of the molecule is CC(C)N(CCO)S(=O)(=O)c1cc(Br)sc1Br. The van der Waals surface area contributed by atoms with Crippen molar-refractivity contribution in [3.05, 3.63) is 13.6 Å². The van der Waals surface area contributed by atoms with Gasteiger partial charge < -0.3 is 5.11 Å². The quantitative estimate of drug-likeness (QED) is 0.817. The summed E-state index contributed by atoms with van der Waals surface area (Å²) in [6.07, 6.45) is 0. The van der Waals surface area contributed by atoms with Crippen molar-refractivity contribution >= 4 is 53.2 Å². The third-order valence-corrected chi connectivity index (χ3v) is 6.94. The van der Waals surface area contributed by atoms with Crippen molar-refractivity contribution in [1.29, 1.82) is 0 Å². The highest BCUT2D eigenvalue weighted by Crippen LogP contribution is 2.36. The Balaban J connectivity index is 3.21. The van der Waals surface area contributed by atoms with Crippen LogP contribution in [0.15, 0.2) is 18.5 Å². The molecule has 1 aromatic rings. The fourth-order valence-corrected chi connectivity index (χ4v) is 6.77. The lowest BCUT2D eigenvalue weighted by Crippen LogP contribution is -2.38. The van der Waals surface area contributed by atoms with Crippen molar-refractivity contribution in [1.82, 2.24) is 4.31 Å². The van der Waals surface area contributed by atoms with Crippen molar-refractivity contribution < 1.29 is 13.5 Å². The first-order valence-corrected chi connectivity index (χ1v) is 8.72. The molecule has 1 rings (SSSR count). The van der Waals surface area contributed by atoms with E-state index in [2.05, 4.69) is 31.9 Å². The van der Waals surface area contributed by atoms with Gasteiger partial charge in [0.05, 0.1) is 14.2 Å². The van der Waals surface area contributed by atoms with Crippen molar-refractivity contribution in [3.63, 3.8) is 0 Å². The van der Waals surface area contributed by atoms with E-state index in [0.29, 0.717) is 3.79 Å². The van der Waals surface area contributed by atoms with E-state index >= 15 is 0 Å². The average molecular weight is 407 g/mol. The monoisotopic (exact) mass is 405 g/mol. The molecule has 0 saturated heterocycles. The molecule has 0 bridgehead atoms. The molecular weight excluding hydrogens is 394 g/mol. The number of halogens is 2. The smallest absolute Gasteiger partial charge is 0.245 e. The number of sulfonamides is 1. The van der Waals surface area contributed by atoms with Gasteiger partial charge in [-0.1, -0.05) is 0 Å². The summed E-state index contributed by atoms with van der Waals surface area (Å²) in [5.74, 6) is 0. The Labute approximate surface area is 122 Å². The normalized spacial score (nSPS) is 12.6. The first kappa shape index (κ1) is 15.6. The molecule has 0 saturated carbocycles. The lowest BCUT2D eigenvalue weighted by atomic mass is 10.4. The summed E-state index contributed by atoms with van der Waals surface area (Å²) in [5, 5.41) is 8.95. The van der Waals surface area contributed by atoms with Crippen molar-refractivity contribution in [2.24, 2.45) is 0 Å². The Kier molecular flexibility index (Phi) is 5.61. The molecule has 0 fully saturated rings. The molecule has 1 N–H and O–H groups in total. The van der Waals surface area contributed by atoms with Gasteiger partial charge >= 0.3 is 0 Å². The highest BCUT2D eigenvalue weighted by atomic mass is 79.9. The number of hydrogen-bond donors (Lipinski definition) is 1. The van der Waals surface area contributed by atoms with Gasteiger partial charge in [-0.25, -0.2) is 8.42 Å². The summed E-state index contributed by atoms with van der Waals surface area (Å²) < 4.78 is 27.3. The van der Waals surface area contributed by atoms with Crippen LogP contribution in [0.3, 0.4) is 0 Å². The van der Waals surface area contributed by atoms with Gasteiger partial charge in [0.25, 0.3) is 0 Å². The third kappa shape index (κ3) is 3.51. The Bertz CT molecular complexity index is 484. The molecular formula is C9H13Br2NO3S2. The first-order valence-electron chi connectivity index (χ1n) is 4.88. The molecule has 0 aliphatic carbocycles. The van der Waals surface area contributed by atoms with E-state index in [0.717, 1.165) is 3.79 Å². The minimum absolute atomic E-state index is 0.0971. The van der Waals surface area contributed by atoms with Gasteiger partial charge in [0.15, 0.2) is 0 Å². The predicted octanol–water partition coefficient (Wildman–Crippen LogP) is 2.66. The minimum Gasteiger partial charge on any atom is -0.395 e. The Morgan fingerprint density at radius 2 is 2.06 bits per heavy atom. The maximum Gasteiger partial charge on any atom is 0.245 e. The number of hydrogen-bond acceptors (Lipinski definition) is 4. The van der Waals surface area contributed by atoms with Gasteiger partial charge in [-0.3, -0.25) is 0 Å². The van der Waals surface area contributed by atoms with Crippen molar-refractivity contribution in [2.45, 2.75) is 24.8 Å². The molecule has 0 aliphatic rings. The molecule has 98 valence electrons. The summed E-state index contributed by atoms with van der Waals surface area (Å²) in [6.45, 7) is 3.46. The fourth-order valence-electron chi connectivity index (χ4n) is 1.38. The van der Waals surface area contributed by atoms with Gasteiger partial charge in [0.2, 0.25) is 10.0 Å². The molecule has 1 heterocycles. The summed E-state index contributed by atoms with van der Waals surface area (Å²) in [6, 6.07) is 1.37. The predicted molar refractivity (Wildman–Crippen MR) is 75.8 cm³/mol. The molecule has 0 aliphatic heterocycles. The van der Waals surface area contributed by atoms with Gasteiger partial charge in [0.1, 0.15) is 4.90 Å². The molecule has 8 heteroatoms. The lowest BCUT2D eigenvalue weighted by Gasteiger charge is -2.24. The molecule has 4 nitrogen and oxygen atoms in total. The minimum atomic E-state index is -3.57. The standard InChI is InChI=1S/C9H13Br2NO3S2/c1-6(2)12(3-4-13)17(14,15)7-5-8(10)16-9(7)11/h5-6,13H,3-4H2,1-2H3. The van der Waals surface area contributed by atoms with E-state index in [9.17, 15) is 8.42 Å². The van der Waals surface area contributed by atoms with E-state index in [1.807, 2.05) is 0 Å². The van der Waals surface area contributed by atoms with E-state index in [1.54, 1.807) is 19.9 Å².